The van der Waals surface area contributed by atoms with E-state index < -0.39 is 0 Å². The van der Waals surface area contributed by atoms with Crippen molar-refractivity contribution in [3.63, 3.8) is 0 Å². The Morgan fingerprint density at radius 3 is 2.82 bits per heavy atom. The quantitative estimate of drug-likeness (QED) is 0.601. The highest BCUT2D eigenvalue weighted by atomic mass is 16.3. The Bertz CT molecular complexity index is 254. The van der Waals surface area contributed by atoms with Crippen molar-refractivity contribution >= 4 is 5.91 Å². The van der Waals surface area contributed by atoms with Gasteiger partial charge in [0.2, 0.25) is 5.91 Å². The average Bonchev–Trinajstić information content (AvgIpc) is 2.77. The smallest absolute Gasteiger partial charge is 0.234 e. The maximum absolute atomic E-state index is 11.9. The molecule has 1 saturated heterocycles. The van der Waals surface area contributed by atoms with Gasteiger partial charge in [0.05, 0.1) is 6.54 Å². The highest BCUT2D eigenvalue weighted by molar-refractivity contribution is 5.78. The molecule has 2 fully saturated rings. The second-order valence-electron chi connectivity index (χ2n) is 5.07. The van der Waals surface area contributed by atoms with Crippen molar-refractivity contribution in [2.45, 2.75) is 25.3 Å². The van der Waals surface area contributed by atoms with Gasteiger partial charge in [-0.3, -0.25) is 9.69 Å². The number of amides is 1. The summed E-state index contributed by atoms with van der Waals surface area (Å²) >= 11 is 0. The largest absolute Gasteiger partial charge is 0.396 e. The molecule has 1 amide bonds. The molecule has 17 heavy (non-hydrogen) atoms. The van der Waals surface area contributed by atoms with E-state index in [1.165, 1.54) is 0 Å². The zero-order valence-electron chi connectivity index (χ0n) is 10.3. The first-order chi connectivity index (χ1) is 8.29. The van der Waals surface area contributed by atoms with Gasteiger partial charge in [0.15, 0.2) is 0 Å². The standard InChI is InChI=1S/C12H23N3O2/c16-9-10-2-1-3-11(10)14-12(17)8-15-6-4-13-5-7-15/h10-11,13,16H,1-9H2,(H,14,17). The number of carbonyl (C=O) groups excluding carboxylic acids is 1. The number of nitrogens with one attached hydrogen (secondary N) is 2. The Morgan fingerprint density at radius 2 is 2.12 bits per heavy atom. The van der Waals surface area contributed by atoms with E-state index in [2.05, 4.69) is 15.5 Å². The molecular weight excluding hydrogens is 218 g/mol. The fraction of sp³-hybridized carbons (Fsp3) is 0.917. The van der Waals surface area contributed by atoms with Crippen molar-refractivity contribution in [1.82, 2.24) is 15.5 Å². The van der Waals surface area contributed by atoms with Crippen LogP contribution in [-0.2, 0) is 4.79 Å². The molecule has 0 spiro atoms. The number of hydrogen-bond donors (Lipinski definition) is 3. The highest BCUT2D eigenvalue weighted by Crippen LogP contribution is 2.24. The summed E-state index contributed by atoms with van der Waals surface area (Å²) in [5.41, 5.74) is 0. The van der Waals surface area contributed by atoms with Crippen LogP contribution in [0, 0.1) is 5.92 Å². The lowest BCUT2D eigenvalue weighted by atomic mass is 10.1. The molecular formula is C12H23N3O2. The van der Waals surface area contributed by atoms with Crippen LogP contribution in [0.1, 0.15) is 19.3 Å². The first kappa shape index (κ1) is 12.8. The minimum absolute atomic E-state index is 0.109. The molecule has 1 aliphatic heterocycles. The van der Waals surface area contributed by atoms with Crippen molar-refractivity contribution in [3.8, 4) is 0 Å². The van der Waals surface area contributed by atoms with Crippen LogP contribution in [0.2, 0.25) is 0 Å². The van der Waals surface area contributed by atoms with E-state index in [1.807, 2.05) is 0 Å². The minimum atomic E-state index is 0.109. The molecule has 3 N–H and O–H groups in total. The monoisotopic (exact) mass is 241 g/mol. The molecule has 0 aromatic rings. The summed E-state index contributed by atoms with van der Waals surface area (Å²) in [4.78, 5) is 14.0. The second kappa shape index (κ2) is 6.33. The van der Waals surface area contributed by atoms with Gasteiger partial charge in [0.1, 0.15) is 0 Å². The molecule has 0 radical (unpaired) electrons. The van der Waals surface area contributed by atoms with Crippen molar-refractivity contribution < 1.29 is 9.90 Å². The predicted molar refractivity (Wildman–Crippen MR) is 65.7 cm³/mol. The predicted octanol–water partition coefficient (Wildman–Crippen LogP) is -0.831. The van der Waals surface area contributed by atoms with Crippen LogP contribution in [0.15, 0.2) is 0 Å². The van der Waals surface area contributed by atoms with Gasteiger partial charge in [0.25, 0.3) is 0 Å². The highest BCUT2D eigenvalue weighted by Gasteiger charge is 2.28. The summed E-state index contributed by atoms with van der Waals surface area (Å²) in [6, 6.07) is 0.190. The summed E-state index contributed by atoms with van der Waals surface area (Å²) in [5, 5.41) is 15.5. The van der Waals surface area contributed by atoms with Crippen LogP contribution >= 0.6 is 0 Å². The lowest BCUT2D eigenvalue weighted by Gasteiger charge is -2.27. The maximum atomic E-state index is 11.9. The molecule has 1 saturated carbocycles. The molecule has 5 nitrogen and oxygen atoms in total. The zero-order chi connectivity index (χ0) is 12.1. The van der Waals surface area contributed by atoms with Crippen LogP contribution in [0.4, 0.5) is 0 Å². The van der Waals surface area contributed by atoms with Crippen molar-refractivity contribution in [1.29, 1.82) is 0 Å². The number of carbonyl (C=O) groups is 1. The second-order valence-corrected chi connectivity index (χ2v) is 5.07. The summed E-state index contributed by atoms with van der Waals surface area (Å²) < 4.78 is 0. The van der Waals surface area contributed by atoms with Gasteiger partial charge in [-0.1, -0.05) is 6.42 Å². The fourth-order valence-corrected chi connectivity index (χ4v) is 2.77. The first-order valence-electron chi connectivity index (χ1n) is 6.63. The molecule has 2 aliphatic rings. The minimum Gasteiger partial charge on any atom is -0.396 e. The third-order valence-electron chi connectivity index (χ3n) is 3.82. The summed E-state index contributed by atoms with van der Waals surface area (Å²) in [6.45, 7) is 4.52. The molecule has 1 heterocycles. The van der Waals surface area contributed by atoms with Crippen molar-refractivity contribution in [3.05, 3.63) is 0 Å². The third-order valence-corrected chi connectivity index (χ3v) is 3.82. The summed E-state index contributed by atoms with van der Waals surface area (Å²) in [6.07, 6.45) is 3.16. The Kier molecular flexibility index (Phi) is 4.76. The number of rotatable bonds is 4. The van der Waals surface area contributed by atoms with Gasteiger partial charge < -0.3 is 15.7 Å². The molecule has 2 unspecified atom stereocenters. The average molecular weight is 241 g/mol. The van der Waals surface area contributed by atoms with Gasteiger partial charge >= 0.3 is 0 Å². The van der Waals surface area contributed by atoms with Gasteiger partial charge in [-0.25, -0.2) is 0 Å². The zero-order valence-corrected chi connectivity index (χ0v) is 10.3. The molecule has 5 heteroatoms. The number of nitrogens with zero attached hydrogens (tertiary/aromatic N) is 1. The van der Waals surface area contributed by atoms with E-state index in [-0.39, 0.29) is 24.5 Å². The lowest BCUT2D eigenvalue weighted by Crippen LogP contribution is -2.49. The van der Waals surface area contributed by atoms with Crippen LogP contribution in [0.3, 0.4) is 0 Å². The molecule has 98 valence electrons. The Hall–Kier alpha value is -0.650. The molecule has 0 aromatic carbocycles. The van der Waals surface area contributed by atoms with Gasteiger partial charge in [-0.2, -0.15) is 0 Å². The fourth-order valence-electron chi connectivity index (χ4n) is 2.77. The number of aliphatic hydroxyl groups is 1. The van der Waals surface area contributed by atoms with Crippen LogP contribution < -0.4 is 10.6 Å². The van der Waals surface area contributed by atoms with E-state index >= 15 is 0 Å². The first-order valence-corrected chi connectivity index (χ1v) is 6.63. The molecule has 0 bridgehead atoms. The normalized spacial score (nSPS) is 30.4. The van der Waals surface area contributed by atoms with E-state index in [0.717, 1.165) is 45.4 Å². The van der Waals surface area contributed by atoms with E-state index in [0.29, 0.717) is 6.54 Å². The van der Waals surface area contributed by atoms with Crippen LogP contribution in [-0.4, -0.2) is 61.3 Å². The number of piperazine rings is 1. The molecule has 2 atom stereocenters. The molecule has 2 rings (SSSR count). The topological polar surface area (TPSA) is 64.6 Å². The molecule has 0 aromatic heterocycles. The maximum Gasteiger partial charge on any atom is 0.234 e. The van der Waals surface area contributed by atoms with Crippen molar-refractivity contribution in [2.75, 3.05) is 39.3 Å². The van der Waals surface area contributed by atoms with Crippen LogP contribution in [0.25, 0.3) is 0 Å². The number of hydrogen-bond acceptors (Lipinski definition) is 4. The summed E-state index contributed by atoms with van der Waals surface area (Å²) in [5.74, 6) is 0.374. The Labute approximate surface area is 103 Å². The van der Waals surface area contributed by atoms with Gasteiger partial charge in [0, 0.05) is 44.7 Å². The Morgan fingerprint density at radius 1 is 1.35 bits per heavy atom. The third kappa shape index (κ3) is 3.66. The van der Waals surface area contributed by atoms with E-state index in [4.69, 9.17) is 0 Å². The van der Waals surface area contributed by atoms with Gasteiger partial charge in [-0.05, 0) is 12.8 Å². The van der Waals surface area contributed by atoms with E-state index in [1.54, 1.807) is 0 Å². The van der Waals surface area contributed by atoms with Gasteiger partial charge in [-0.15, -0.1) is 0 Å². The number of aliphatic hydroxyl groups excluding tert-OH is 1. The van der Waals surface area contributed by atoms with E-state index in [9.17, 15) is 9.90 Å². The van der Waals surface area contributed by atoms with Crippen LogP contribution in [0.5, 0.6) is 0 Å². The SMILES string of the molecule is O=C(CN1CCNCC1)NC1CCCC1CO. The molecule has 1 aliphatic carbocycles. The summed E-state index contributed by atoms with van der Waals surface area (Å²) in [7, 11) is 0. The lowest BCUT2D eigenvalue weighted by molar-refractivity contribution is -0.123. The Balaban J connectivity index is 1.72. The van der Waals surface area contributed by atoms with Crippen molar-refractivity contribution in [2.24, 2.45) is 5.92 Å².